The number of hydrogen-bond acceptors (Lipinski definition) is 5. The molecule has 0 spiro atoms. The van der Waals surface area contributed by atoms with E-state index in [9.17, 15) is 9.59 Å². The maximum atomic E-state index is 13.5. The molecule has 1 saturated heterocycles. The van der Waals surface area contributed by atoms with Gasteiger partial charge in [0.25, 0.3) is 5.91 Å². The number of carbonyl (C=O) groups excluding carboxylic acids is 2. The van der Waals surface area contributed by atoms with E-state index in [2.05, 4.69) is 0 Å². The predicted octanol–water partition coefficient (Wildman–Crippen LogP) is 4.22. The molecular weight excluding hydrogens is 414 g/mol. The van der Waals surface area contributed by atoms with Crippen molar-refractivity contribution in [3.63, 3.8) is 0 Å². The highest BCUT2D eigenvalue weighted by Crippen LogP contribution is 2.27. The fraction of sp³-hybridized carbons (Fsp3) is 0.222. The molecule has 6 nitrogen and oxygen atoms in total. The van der Waals surface area contributed by atoms with Crippen LogP contribution in [0.2, 0.25) is 0 Å². The first-order valence-electron chi connectivity index (χ1n) is 11.0. The molecule has 3 aromatic rings. The van der Waals surface area contributed by atoms with Gasteiger partial charge >= 0.3 is 0 Å². The Balaban J connectivity index is 1.51. The lowest BCUT2D eigenvalue weighted by Crippen LogP contribution is -2.46. The average molecular weight is 442 g/mol. The van der Waals surface area contributed by atoms with E-state index in [-0.39, 0.29) is 11.9 Å². The van der Waals surface area contributed by atoms with Gasteiger partial charge in [-0.2, -0.15) is 0 Å². The van der Waals surface area contributed by atoms with Crippen molar-refractivity contribution in [3.8, 4) is 0 Å². The zero-order valence-corrected chi connectivity index (χ0v) is 18.4. The van der Waals surface area contributed by atoms with Gasteiger partial charge in [-0.15, -0.1) is 0 Å². The summed E-state index contributed by atoms with van der Waals surface area (Å²) in [6.45, 7) is 1.32. The van der Waals surface area contributed by atoms with Gasteiger partial charge < -0.3 is 10.6 Å². The van der Waals surface area contributed by atoms with Crippen LogP contribution in [-0.2, 0) is 22.8 Å². The maximum absolute atomic E-state index is 13.5. The first kappa shape index (κ1) is 22.3. The minimum Gasteiger partial charge on any atom is -0.399 e. The number of nitrogens with zero attached hydrogens (tertiary/aromatic N) is 2. The second-order valence-corrected chi connectivity index (χ2v) is 8.10. The molecule has 1 amide bonds. The Kier molecular flexibility index (Phi) is 7.20. The number of nitrogens with two attached hydrogens (primary N) is 1. The van der Waals surface area contributed by atoms with Crippen LogP contribution < -0.4 is 5.73 Å². The predicted molar refractivity (Wildman–Crippen MR) is 127 cm³/mol. The third-order valence-electron chi connectivity index (χ3n) is 5.80. The Labute approximate surface area is 193 Å². The Morgan fingerprint density at radius 2 is 1.61 bits per heavy atom. The van der Waals surface area contributed by atoms with Crippen LogP contribution >= 0.6 is 0 Å². The SMILES string of the molecule is Nc1ccc(C(=O)N(Cc2ccccc2)C2CCN(OCc3ccccc3)C(=C=O)C2)cc1. The Bertz CT molecular complexity index is 1110. The highest BCUT2D eigenvalue weighted by molar-refractivity contribution is 5.94. The van der Waals surface area contributed by atoms with Crippen LogP contribution in [0.1, 0.15) is 34.3 Å². The summed E-state index contributed by atoms with van der Waals surface area (Å²) in [4.78, 5) is 33.0. The van der Waals surface area contributed by atoms with E-state index in [1.54, 1.807) is 29.3 Å². The molecule has 168 valence electrons. The lowest BCUT2D eigenvalue weighted by molar-refractivity contribution is -0.155. The van der Waals surface area contributed by atoms with Crippen LogP contribution in [0.25, 0.3) is 0 Å². The van der Waals surface area contributed by atoms with Gasteiger partial charge in [0, 0.05) is 36.8 Å². The molecule has 1 heterocycles. The van der Waals surface area contributed by atoms with Gasteiger partial charge in [0.05, 0.1) is 6.61 Å². The summed E-state index contributed by atoms with van der Waals surface area (Å²) in [5.41, 5.74) is 9.45. The van der Waals surface area contributed by atoms with Gasteiger partial charge in [-0.25, -0.2) is 9.86 Å². The number of nitrogen functional groups attached to an aromatic ring is 1. The molecule has 4 rings (SSSR count). The number of benzene rings is 3. The molecule has 1 unspecified atom stereocenters. The summed E-state index contributed by atoms with van der Waals surface area (Å²) in [6, 6.07) is 26.4. The molecule has 1 aliphatic rings. The Morgan fingerprint density at radius 1 is 0.970 bits per heavy atom. The van der Waals surface area contributed by atoms with Crippen LogP contribution in [0.4, 0.5) is 5.69 Å². The van der Waals surface area contributed by atoms with Crippen molar-refractivity contribution >= 4 is 17.5 Å². The van der Waals surface area contributed by atoms with Crippen molar-refractivity contribution < 1.29 is 14.4 Å². The fourth-order valence-electron chi connectivity index (χ4n) is 3.99. The van der Waals surface area contributed by atoms with E-state index < -0.39 is 0 Å². The van der Waals surface area contributed by atoms with Gasteiger partial charge in [0.15, 0.2) is 0 Å². The number of carbonyl (C=O) groups is 1. The largest absolute Gasteiger partial charge is 0.399 e. The Hall–Kier alpha value is -3.86. The van der Waals surface area contributed by atoms with Gasteiger partial charge in [0.1, 0.15) is 11.6 Å². The topological polar surface area (TPSA) is 75.9 Å². The lowest BCUT2D eigenvalue weighted by atomic mass is 9.99. The number of anilines is 1. The average Bonchev–Trinajstić information content (AvgIpc) is 2.87. The number of piperidine rings is 1. The molecule has 3 aromatic carbocycles. The van der Waals surface area contributed by atoms with Gasteiger partial charge in [-0.3, -0.25) is 9.63 Å². The molecule has 1 aliphatic heterocycles. The molecule has 0 radical (unpaired) electrons. The van der Waals surface area contributed by atoms with E-state index in [1.165, 1.54) is 0 Å². The summed E-state index contributed by atoms with van der Waals surface area (Å²) >= 11 is 0. The number of hydroxylamine groups is 2. The standard InChI is InChI=1S/C27H27N3O3/c28-24-13-11-23(12-14-24)27(32)29(18-21-7-3-1-4-8-21)25-15-16-30(26(17-25)19-31)33-20-22-9-5-2-6-10-22/h1-14,25H,15-18,20,28H2. The number of amides is 1. The zero-order valence-electron chi connectivity index (χ0n) is 18.4. The molecular formula is C27H27N3O3. The third kappa shape index (κ3) is 5.69. The molecule has 33 heavy (non-hydrogen) atoms. The van der Waals surface area contributed by atoms with E-state index in [4.69, 9.17) is 10.6 Å². The molecule has 1 fully saturated rings. The molecule has 1 atom stereocenters. The molecule has 0 bridgehead atoms. The van der Waals surface area contributed by atoms with Crippen LogP contribution in [0, 0.1) is 0 Å². The monoisotopic (exact) mass is 441 g/mol. The first-order valence-corrected chi connectivity index (χ1v) is 11.0. The van der Waals surface area contributed by atoms with E-state index in [0.717, 1.165) is 11.1 Å². The normalized spacial score (nSPS) is 15.7. The minimum absolute atomic E-state index is 0.0900. The van der Waals surface area contributed by atoms with Crippen molar-refractivity contribution in [3.05, 3.63) is 107 Å². The van der Waals surface area contributed by atoms with Crippen molar-refractivity contribution in [2.24, 2.45) is 0 Å². The van der Waals surface area contributed by atoms with Gasteiger partial charge in [-0.05, 0) is 41.8 Å². The number of rotatable bonds is 7. The summed E-state index contributed by atoms with van der Waals surface area (Å²) in [5, 5.41) is 1.62. The highest BCUT2D eigenvalue weighted by atomic mass is 16.7. The Morgan fingerprint density at radius 3 is 2.24 bits per heavy atom. The van der Waals surface area contributed by atoms with Crippen LogP contribution in [0.3, 0.4) is 0 Å². The van der Waals surface area contributed by atoms with E-state index in [1.807, 2.05) is 71.5 Å². The molecule has 0 saturated carbocycles. The summed E-state index contributed by atoms with van der Waals surface area (Å²) in [6.07, 6.45) is 1.05. The molecule has 2 N–H and O–H groups in total. The smallest absolute Gasteiger partial charge is 0.254 e. The van der Waals surface area contributed by atoms with Crippen LogP contribution in [0.15, 0.2) is 90.6 Å². The molecule has 0 aromatic heterocycles. The van der Waals surface area contributed by atoms with Gasteiger partial charge in [0.2, 0.25) is 0 Å². The second-order valence-electron chi connectivity index (χ2n) is 8.10. The van der Waals surface area contributed by atoms with E-state index >= 15 is 0 Å². The maximum Gasteiger partial charge on any atom is 0.254 e. The highest BCUT2D eigenvalue weighted by Gasteiger charge is 2.32. The summed E-state index contributed by atoms with van der Waals surface area (Å²) < 4.78 is 0. The summed E-state index contributed by atoms with van der Waals surface area (Å²) in [5.74, 6) is 1.95. The van der Waals surface area contributed by atoms with Crippen molar-refractivity contribution in [2.45, 2.75) is 32.0 Å². The fourth-order valence-corrected chi connectivity index (χ4v) is 3.99. The summed E-state index contributed by atoms with van der Waals surface area (Å²) in [7, 11) is 0. The number of hydrogen-bond donors (Lipinski definition) is 1. The van der Waals surface area contributed by atoms with Crippen molar-refractivity contribution in [2.75, 3.05) is 12.3 Å². The quantitative estimate of drug-likeness (QED) is 0.439. The van der Waals surface area contributed by atoms with Crippen molar-refractivity contribution in [1.29, 1.82) is 0 Å². The molecule has 6 heteroatoms. The lowest BCUT2D eigenvalue weighted by Gasteiger charge is -2.39. The minimum atomic E-state index is -0.150. The zero-order chi connectivity index (χ0) is 23.0. The van der Waals surface area contributed by atoms with Gasteiger partial charge in [-0.1, -0.05) is 60.7 Å². The first-order chi connectivity index (χ1) is 16.1. The van der Waals surface area contributed by atoms with Crippen LogP contribution in [0.5, 0.6) is 0 Å². The van der Waals surface area contributed by atoms with Crippen LogP contribution in [-0.4, -0.2) is 34.4 Å². The van der Waals surface area contributed by atoms with E-state index in [0.29, 0.717) is 49.5 Å². The second kappa shape index (κ2) is 10.6. The van der Waals surface area contributed by atoms with Crippen molar-refractivity contribution in [1.82, 2.24) is 9.96 Å². The molecule has 0 aliphatic carbocycles. The third-order valence-corrected chi connectivity index (χ3v) is 5.80.